The maximum absolute atomic E-state index is 13.5. The molecular weight excluding hydrogens is 386 g/mol. The Morgan fingerprint density at radius 3 is 2.42 bits per heavy atom. The van der Waals surface area contributed by atoms with Crippen molar-refractivity contribution in [1.29, 1.82) is 0 Å². The minimum atomic E-state index is -0.552. The number of carbonyl (C=O) groups excluding carboxylic acids is 2. The highest BCUT2D eigenvalue weighted by atomic mass is 16.2. The molecule has 1 aliphatic heterocycles. The highest BCUT2D eigenvalue weighted by Gasteiger charge is 2.63. The second-order valence-electron chi connectivity index (χ2n) is 11.1. The van der Waals surface area contributed by atoms with Crippen molar-refractivity contribution in [3.05, 3.63) is 42.5 Å². The molecule has 2 aromatic carbocycles. The Bertz CT molecular complexity index is 1070. The first-order valence-corrected chi connectivity index (χ1v) is 11.7. The zero-order valence-corrected chi connectivity index (χ0v) is 18.4. The molecule has 2 aromatic rings. The van der Waals surface area contributed by atoms with Crippen molar-refractivity contribution in [1.82, 2.24) is 5.01 Å². The summed E-state index contributed by atoms with van der Waals surface area (Å²) in [6.07, 6.45) is 6.06. The number of hydrogen-bond donors (Lipinski definition) is 1. The average molecular weight is 418 g/mol. The van der Waals surface area contributed by atoms with Crippen LogP contribution < -0.4 is 10.7 Å². The smallest absolute Gasteiger partial charge is 0.268 e. The van der Waals surface area contributed by atoms with Crippen LogP contribution in [0.15, 0.2) is 42.5 Å². The Morgan fingerprint density at radius 2 is 1.71 bits per heavy atom. The van der Waals surface area contributed by atoms with E-state index in [-0.39, 0.29) is 23.3 Å². The lowest BCUT2D eigenvalue weighted by Gasteiger charge is -2.67. The van der Waals surface area contributed by atoms with Gasteiger partial charge in [0, 0.05) is 11.8 Å². The Balaban J connectivity index is 1.39. The lowest BCUT2D eigenvalue weighted by Crippen LogP contribution is -2.80. The fraction of sp³-hybridized carbons (Fsp3) is 0.538. The Hall–Kier alpha value is -2.56. The number of fused-ring (bicyclic) bond motifs is 1. The predicted molar refractivity (Wildman–Crippen MR) is 121 cm³/mol. The molecule has 4 saturated carbocycles. The van der Waals surface area contributed by atoms with Crippen LogP contribution in [0, 0.1) is 23.2 Å². The number of amides is 2. The topological polar surface area (TPSA) is 66.6 Å². The van der Waals surface area contributed by atoms with E-state index in [0.29, 0.717) is 24.2 Å². The molecule has 2 N–H and O–H groups in total. The summed E-state index contributed by atoms with van der Waals surface area (Å²) < 4.78 is 0. The molecule has 162 valence electrons. The van der Waals surface area contributed by atoms with Crippen LogP contribution in [0.3, 0.4) is 0 Å². The third-order valence-corrected chi connectivity index (χ3v) is 8.65. The molecule has 0 spiro atoms. The summed E-state index contributed by atoms with van der Waals surface area (Å²) >= 11 is 0. The molecule has 31 heavy (non-hydrogen) atoms. The normalized spacial score (nSPS) is 35.5. The number of carbonyl (C=O) groups is 2. The first kappa shape index (κ1) is 19.1. The first-order valence-electron chi connectivity index (χ1n) is 11.7. The number of benzene rings is 2. The summed E-state index contributed by atoms with van der Waals surface area (Å²) in [5, 5.41) is 6.75. The zero-order chi connectivity index (χ0) is 21.5. The van der Waals surface area contributed by atoms with E-state index in [1.165, 1.54) is 23.6 Å². The minimum Gasteiger partial charge on any atom is -0.370 e. The summed E-state index contributed by atoms with van der Waals surface area (Å²) in [6.45, 7) is 4.08. The van der Waals surface area contributed by atoms with Crippen LogP contribution in [0.25, 0.3) is 10.8 Å². The van der Waals surface area contributed by atoms with Crippen LogP contribution in [-0.4, -0.2) is 28.4 Å². The lowest BCUT2D eigenvalue weighted by atomic mass is 9.47. The molecule has 5 fully saturated rings. The first-order chi connectivity index (χ1) is 14.8. The lowest BCUT2D eigenvalue weighted by molar-refractivity contribution is -0.178. The van der Waals surface area contributed by atoms with Crippen LogP contribution >= 0.6 is 0 Å². The molecule has 2 amide bonds. The molecule has 5 heteroatoms. The molecular formula is C26H31N3O2. The number of nitrogens with two attached hydrogens (primary N) is 1. The molecule has 7 rings (SSSR count). The van der Waals surface area contributed by atoms with Crippen LogP contribution in [-0.2, 0) is 9.59 Å². The van der Waals surface area contributed by atoms with Crippen molar-refractivity contribution >= 4 is 28.3 Å². The van der Waals surface area contributed by atoms with Gasteiger partial charge >= 0.3 is 0 Å². The van der Waals surface area contributed by atoms with Gasteiger partial charge in [-0.3, -0.25) is 14.6 Å². The van der Waals surface area contributed by atoms with E-state index in [0.717, 1.165) is 24.9 Å². The van der Waals surface area contributed by atoms with Crippen molar-refractivity contribution in [2.45, 2.75) is 64.0 Å². The predicted octanol–water partition coefficient (Wildman–Crippen LogP) is 4.25. The summed E-state index contributed by atoms with van der Waals surface area (Å²) in [7, 11) is 0. The Labute approximate surface area is 183 Å². The van der Waals surface area contributed by atoms with Crippen LogP contribution in [0.4, 0.5) is 5.69 Å². The van der Waals surface area contributed by atoms with Gasteiger partial charge in [0.15, 0.2) is 0 Å². The van der Waals surface area contributed by atoms with Gasteiger partial charge in [-0.2, -0.15) is 0 Å². The highest BCUT2D eigenvalue weighted by molar-refractivity contribution is 6.03. The number of hydrazine groups is 1. The number of hydrogen-bond acceptors (Lipinski definition) is 3. The van der Waals surface area contributed by atoms with Gasteiger partial charge in [-0.25, -0.2) is 5.01 Å². The van der Waals surface area contributed by atoms with Gasteiger partial charge in [0.25, 0.3) is 5.91 Å². The fourth-order valence-corrected chi connectivity index (χ4v) is 7.92. The van der Waals surface area contributed by atoms with Crippen molar-refractivity contribution < 1.29 is 9.59 Å². The molecule has 0 aromatic heterocycles. The van der Waals surface area contributed by atoms with E-state index in [2.05, 4.69) is 52.5 Å². The second-order valence-corrected chi connectivity index (χ2v) is 11.1. The second kappa shape index (κ2) is 6.24. The van der Waals surface area contributed by atoms with E-state index in [1.54, 1.807) is 0 Å². The summed E-state index contributed by atoms with van der Waals surface area (Å²) in [4.78, 5) is 25.3. The van der Waals surface area contributed by atoms with Crippen molar-refractivity contribution in [3.8, 4) is 0 Å². The van der Waals surface area contributed by atoms with Crippen LogP contribution in [0.2, 0.25) is 0 Å². The third kappa shape index (κ3) is 2.61. The van der Waals surface area contributed by atoms with Crippen molar-refractivity contribution in [2.75, 3.05) is 5.01 Å². The van der Waals surface area contributed by atoms with Crippen LogP contribution in [0.1, 0.15) is 52.4 Å². The molecule has 4 aliphatic carbocycles. The SMILES string of the molecule is CC1(C)C(=O)N(C2C3CC4CC2CC(CC(N)=O)(C4)C3)N1c1cccc2ccccc12. The van der Waals surface area contributed by atoms with Crippen molar-refractivity contribution in [2.24, 2.45) is 28.9 Å². The van der Waals surface area contributed by atoms with Gasteiger partial charge in [0.2, 0.25) is 5.91 Å². The highest BCUT2D eigenvalue weighted by Crippen LogP contribution is 2.63. The molecule has 2 unspecified atom stereocenters. The summed E-state index contributed by atoms with van der Waals surface area (Å²) in [5.74, 6) is 1.66. The summed E-state index contributed by atoms with van der Waals surface area (Å²) in [5.41, 5.74) is 6.28. The van der Waals surface area contributed by atoms with Gasteiger partial charge in [-0.15, -0.1) is 0 Å². The minimum absolute atomic E-state index is 0.0759. The molecule has 1 heterocycles. The van der Waals surface area contributed by atoms with Gasteiger partial charge in [0.1, 0.15) is 5.54 Å². The number of anilines is 1. The van der Waals surface area contributed by atoms with Gasteiger partial charge in [0.05, 0.1) is 11.7 Å². The monoisotopic (exact) mass is 417 g/mol. The van der Waals surface area contributed by atoms with E-state index in [4.69, 9.17) is 5.73 Å². The summed E-state index contributed by atoms with van der Waals surface area (Å²) in [6, 6.07) is 15.0. The largest absolute Gasteiger partial charge is 0.370 e. The molecule has 2 atom stereocenters. The van der Waals surface area contributed by atoms with E-state index >= 15 is 0 Å². The standard InChI is InChI=1S/C26H31N3O2/c1-25(2)24(31)28(29(25)21-9-5-7-17-6-3-4-8-20(17)21)23-18-10-16-11-19(23)14-26(12-16,13-18)15-22(27)30/h3-9,16,18-19,23H,10-15H2,1-2H3,(H2,27,30). The third-order valence-electron chi connectivity index (χ3n) is 8.65. The van der Waals surface area contributed by atoms with Gasteiger partial charge in [-0.05, 0) is 80.6 Å². The number of rotatable bonds is 4. The van der Waals surface area contributed by atoms with Gasteiger partial charge < -0.3 is 5.73 Å². The van der Waals surface area contributed by atoms with E-state index < -0.39 is 5.54 Å². The number of nitrogens with zero attached hydrogens (tertiary/aromatic N) is 2. The Kier molecular flexibility index (Phi) is 3.86. The van der Waals surface area contributed by atoms with Gasteiger partial charge in [-0.1, -0.05) is 36.4 Å². The number of primary amides is 1. The maximum atomic E-state index is 13.5. The van der Waals surface area contributed by atoms with E-state index in [1.807, 2.05) is 13.8 Å². The zero-order valence-electron chi connectivity index (χ0n) is 18.4. The molecule has 5 nitrogen and oxygen atoms in total. The van der Waals surface area contributed by atoms with E-state index in [9.17, 15) is 9.59 Å². The molecule has 1 saturated heterocycles. The van der Waals surface area contributed by atoms with Crippen LogP contribution in [0.5, 0.6) is 0 Å². The fourth-order valence-electron chi connectivity index (χ4n) is 7.92. The molecule has 5 aliphatic rings. The molecule has 4 bridgehead atoms. The quantitative estimate of drug-likeness (QED) is 0.809. The Morgan fingerprint density at radius 1 is 1.03 bits per heavy atom. The van der Waals surface area contributed by atoms with Crippen molar-refractivity contribution in [3.63, 3.8) is 0 Å². The average Bonchev–Trinajstić information content (AvgIpc) is 2.71. The maximum Gasteiger partial charge on any atom is 0.268 e. The molecule has 0 radical (unpaired) electrons.